The fraction of sp³-hybridized carbons (Fsp3) is 0.611. The van der Waals surface area contributed by atoms with E-state index in [0.29, 0.717) is 41.2 Å². The Labute approximate surface area is 162 Å². The summed E-state index contributed by atoms with van der Waals surface area (Å²) in [7, 11) is 1.54. The van der Waals surface area contributed by atoms with Crippen molar-refractivity contribution in [1.82, 2.24) is 10.6 Å². The van der Waals surface area contributed by atoms with Crippen LogP contribution in [0.25, 0.3) is 0 Å². The molecule has 5 nitrogen and oxygen atoms in total. The van der Waals surface area contributed by atoms with Crippen molar-refractivity contribution in [3.63, 3.8) is 0 Å². The Morgan fingerprint density at radius 1 is 1.28 bits per heavy atom. The summed E-state index contributed by atoms with van der Waals surface area (Å²) in [6.45, 7) is 10.3. The molecule has 1 aromatic carbocycles. The van der Waals surface area contributed by atoms with E-state index in [-0.39, 0.29) is 24.4 Å². The largest absolute Gasteiger partial charge is 0.493 e. The number of benzene rings is 1. The van der Waals surface area contributed by atoms with Gasteiger partial charge in [0.1, 0.15) is 0 Å². The van der Waals surface area contributed by atoms with Gasteiger partial charge >= 0.3 is 0 Å². The molecule has 0 spiro atoms. The number of ether oxygens (including phenoxy) is 2. The van der Waals surface area contributed by atoms with Crippen molar-refractivity contribution in [2.75, 3.05) is 26.8 Å². The molecule has 1 aromatic rings. The lowest BCUT2D eigenvalue weighted by Crippen LogP contribution is -2.38. The van der Waals surface area contributed by atoms with E-state index in [1.807, 2.05) is 13.8 Å². The van der Waals surface area contributed by atoms with Crippen molar-refractivity contribution < 1.29 is 14.3 Å². The van der Waals surface area contributed by atoms with E-state index < -0.39 is 0 Å². The Kier molecular flexibility index (Phi) is 11.7. The summed E-state index contributed by atoms with van der Waals surface area (Å²) >= 11 is 6.29. The summed E-state index contributed by atoms with van der Waals surface area (Å²) in [6, 6.07) is 3.47. The molecule has 0 aliphatic heterocycles. The van der Waals surface area contributed by atoms with E-state index in [0.717, 1.165) is 13.0 Å². The zero-order valence-corrected chi connectivity index (χ0v) is 17.2. The highest BCUT2D eigenvalue weighted by molar-refractivity contribution is 6.32. The van der Waals surface area contributed by atoms with Crippen LogP contribution < -0.4 is 20.1 Å². The first-order valence-corrected chi connectivity index (χ1v) is 8.78. The van der Waals surface area contributed by atoms with Gasteiger partial charge in [0.05, 0.1) is 18.7 Å². The van der Waals surface area contributed by atoms with Gasteiger partial charge in [-0.2, -0.15) is 0 Å². The average molecular weight is 393 g/mol. The lowest BCUT2D eigenvalue weighted by molar-refractivity contribution is 0.0950. The molecule has 0 aliphatic carbocycles. The molecule has 0 aromatic heterocycles. The molecule has 0 aliphatic rings. The molecular formula is C18H30Cl2N2O3. The van der Waals surface area contributed by atoms with E-state index in [1.165, 1.54) is 7.11 Å². The molecule has 2 N–H and O–H groups in total. The van der Waals surface area contributed by atoms with Crippen LogP contribution in [0.1, 0.15) is 44.5 Å². The van der Waals surface area contributed by atoms with Gasteiger partial charge in [-0.3, -0.25) is 4.79 Å². The number of rotatable bonds is 10. The first-order chi connectivity index (χ1) is 11.4. The molecule has 7 heteroatoms. The number of methoxy groups -OCH3 is 1. The Morgan fingerprint density at radius 2 is 1.96 bits per heavy atom. The maximum atomic E-state index is 12.3. The van der Waals surface area contributed by atoms with E-state index in [9.17, 15) is 4.79 Å². The summed E-state index contributed by atoms with van der Waals surface area (Å²) in [4.78, 5) is 12.3. The normalized spacial score (nSPS) is 11.6. The number of halogens is 2. The second-order valence-electron chi connectivity index (χ2n) is 6.19. The van der Waals surface area contributed by atoms with Crippen LogP contribution in [0.2, 0.25) is 5.02 Å². The lowest BCUT2D eigenvalue weighted by atomic mass is 10.1. The molecule has 0 unspecified atom stereocenters. The second kappa shape index (κ2) is 12.2. The van der Waals surface area contributed by atoms with Crippen molar-refractivity contribution in [3.8, 4) is 11.5 Å². The SMILES string of the molecule is CCN[C@H](C)CNC(=O)c1cc(Cl)c(OCCC(C)C)c(OC)c1.Cl. The monoisotopic (exact) mass is 392 g/mol. The van der Waals surface area contributed by atoms with Gasteiger partial charge in [-0.1, -0.05) is 32.4 Å². The summed E-state index contributed by atoms with van der Waals surface area (Å²) in [5, 5.41) is 6.50. The van der Waals surface area contributed by atoms with Crippen LogP contribution in [0.3, 0.4) is 0 Å². The van der Waals surface area contributed by atoms with Crippen molar-refractivity contribution in [1.29, 1.82) is 0 Å². The number of amides is 1. The summed E-state index contributed by atoms with van der Waals surface area (Å²) in [6.07, 6.45) is 0.921. The highest BCUT2D eigenvalue weighted by Gasteiger charge is 2.16. The number of hydrogen-bond acceptors (Lipinski definition) is 4. The van der Waals surface area contributed by atoms with Crippen molar-refractivity contribution in [2.45, 2.75) is 40.2 Å². The molecule has 1 rings (SSSR count). The number of hydrogen-bond donors (Lipinski definition) is 2. The van der Waals surface area contributed by atoms with E-state index in [2.05, 4.69) is 24.5 Å². The first kappa shape index (κ1) is 23.8. The van der Waals surface area contributed by atoms with Gasteiger partial charge in [0.2, 0.25) is 0 Å². The molecule has 0 saturated carbocycles. The summed E-state index contributed by atoms with van der Waals surface area (Å²) in [5.74, 6) is 1.31. The molecule has 1 atom stereocenters. The standard InChI is InChI=1S/C18H29ClN2O3.ClH/c1-6-20-13(4)11-21-18(22)14-9-15(19)17(16(10-14)23-5)24-8-7-12(2)3;/h9-10,12-13,20H,6-8,11H2,1-5H3,(H,21,22);1H/t13-;/m1./s1. The average Bonchev–Trinajstić information content (AvgIpc) is 2.53. The maximum absolute atomic E-state index is 12.3. The molecular weight excluding hydrogens is 363 g/mol. The van der Waals surface area contributed by atoms with Crippen molar-refractivity contribution in [3.05, 3.63) is 22.7 Å². The molecule has 0 bridgehead atoms. The number of likely N-dealkylation sites (N-methyl/N-ethyl adjacent to an activating group) is 1. The Bertz CT molecular complexity index is 539. The summed E-state index contributed by atoms with van der Waals surface area (Å²) < 4.78 is 11.1. The van der Waals surface area contributed by atoms with Crippen molar-refractivity contribution in [2.24, 2.45) is 5.92 Å². The van der Waals surface area contributed by atoms with E-state index >= 15 is 0 Å². The second-order valence-corrected chi connectivity index (χ2v) is 6.60. The van der Waals surface area contributed by atoms with Gasteiger partial charge in [0.25, 0.3) is 5.91 Å². The van der Waals surface area contributed by atoms with Gasteiger partial charge < -0.3 is 20.1 Å². The van der Waals surface area contributed by atoms with Crippen LogP contribution in [0.15, 0.2) is 12.1 Å². The molecule has 0 heterocycles. The van der Waals surface area contributed by atoms with Gasteiger partial charge in [-0.15, -0.1) is 12.4 Å². The zero-order chi connectivity index (χ0) is 18.1. The molecule has 0 radical (unpaired) electrons. The maximum Gasteiger partial charge on any atom is 0.251 e. The third kappa shape index (κ3) is 8.17. The Hall–Kier alpha value is -1.17. The van der Waals surface area contributed by atoms with Crippen LogP contribution in [-0.2, 0) is 0 Å². The number of carbonyl (C=O) groups is 1. The molecule has 1 amide bonds. The number of carbonyl (C=O) groups excluding carboxylic acids is 1. The topological polar surface area (TPSA) is 59.6 Å². The molecule has 25 heavy (non-hydrogen) atoms. The smallest absolute Gasteiger partial charge is 0.251 e. The fourth-order valence-corrected chi connectivity index (χ4v) is 2.42. The van der Waals surface area contributed by atoms with Crippen LogP contribution in [0, 0.1) is 5.92 Å². The Morgan fingerprint density at radius 3 is 2.52 bits per heavy atom. The molecule has 144 valence electrons. The minimum absolute atomic E-state index is 0. The first-order valence-electron chi connectivity index (χ1n) is 8.40. The van der Waals surface area contributed by atoms with Crippen LogP contribution in [-0.4, -0.2) is 38.8 Å². The van der Waals surface area contributed by atoms with Gasteiger partial charge in [0, 0.05) is 18.2 Å². The quantitative estimate of drug-likeness (QED) is 0.633. The zero-order valence-electron chi connectivity index (χ0n) is 15.6. The van der Waals surface area contributed by atoms with Gasteiger partial charge in [0.15, 0.2) is 11.5 Å². The van der Waals surface area contributed by atoms with Crippen LogP contribution in [0.4, 0.5) is 0 Å². The third-order valence-electron chi connectivity index (χ3n) is 3.55. The van der Waals surface area contributed by atoms with Crippen molar-refractivity contribution >= 4 is 29.9 Å². The Balaban J connectivity index is 0.00000576. The molecule has 0 saturated heterocycles. The van der Waals surface area contributed by atoms with Crippen LogP contribution in [0.5, 0.6) is 11.5 Å². The summed E-state index contributed by atoms with van der Waals surface area (Å²) in [5.41, 5.74) is 0.455. The minimum Gasteiger partial charge on any atom is -0.493 e. The highest BCUT2D eigenvalue weighted by Crippen LogP contribution is 2.36. The third-order valence-corrected chi connectivity index (χ3v) is 3.84. The fourth-order valence-electron chi connectivity index (χ4n) is 2.16. The highest BCUT2D eigenvalue weighted by atomic mass is 35.5. The molecule has 0 fully saturated rings. The van der Waals surface area contributed by atoms with E-state index in [4.69, 9.17) is 21.1 Å². The van der Waals surface area contributed by atoms with Crippen LogP contribution >= 0.6 is 24.0 Å². The van der Waals surface area contributed by atoms with Gasteiger partial charge in [-0.25, -0.2) is 0 Å². The van der Waals surface area contributed by atoms with Gasteiger partial charge in [-0.05, 0) is 37.9 Å². The minimum atomic E-state index is -0.186. The predicted octanol–water partition coefficient (Wildman–Crippen LogP) is 3.92. The van der Waals surface area contributed by atoms with E-state index in [1.54, 1.807) is 12.1 Å². The number of nitrogens with one attached hydrogen (secondary N) is 2. The predicted molar refractivity (Wildman–Crippen MR) is 106 cm³/mol. The lowest BCUT2D eigenvalue weighted by Gasteiger charge is -2.16.